The van der Waals surface area contributed by atoms with E-state index in [-0.39, 0.29) is 21.2 Å². The normalized spacial score (nSPS) is 12.7. The molecule has 3 aromatic rings. The number of imide groups is 1. The minimum absolute atomic E-state index is 0.110. The number of fused-ring (bicyclic) bond motifs is 1. The van der Waals surface area contributed by atoms with Crippen molar-refractivity contribution >= 4 is 57.4 Å². The van der Waals surface area contributed by atoms with E-state index in [1.165, 1.54) is 23.5 Å². The molecule has 0 unspecified atom stereocenters. The largest absolute Gasteiger partial charge is 0.497 e. The number of carbonyl (C=O) groups excluding carboxylic acids is 3. The summed E-state index contributed by atoms with van der Waals surface area (Å²) in [4.78, 5) is 42.9. The molecule has 164 valence electrons. The van der Waals surface area contributed by atoms with Gasteiger partial charge in [-0.2, -0.15) is 0 Å². The first-order chi connectivity index (χ1) is 15.3. The lowest BCUT2D eigenvalue weighted by atomic mass is 10.1. The molecule has 32 heavy (non-hydrogen) atoms. The van der Waals surface area contributed by atoms with Gasteiger partial charge < -0.3 is 14.8 Å². The number of benzene rings is 2. The van der Waals surface area contributed by atoms with Gasteiger partial charge in [-0.05, 0) is 30.3 Å². The Kier molecular flexibility index (Phi) is 6.05. The third kappa shape index (κ3) is 4.02. The number of amides is 3. The zero-order valence-electron chi connectivity index (χ0n) is 16.8. The van der Waals surface area contributed by atoms with E-state index in [0.717, 1.165) is 4.90 Å². The summed E-state index contributed by atoms with van der Waals surface area (Å²) < 4.78 is 10.6. The van der Waals surface area contributed by atoms with Gasteiger partial charge in [-0.15, -0.1) is 11.3 Å². The van der Waals surface area contributed by atoms with Crippen LogP contribution in [-0.2, 0) is 4.79 Å². The number of ether oxygens (including phenoxy) is 2. The lowest BCUT2D eigenvalue weighted by molar-refractivity contribution is -0.116. The molecule has 0 bridgehead atoms. The highest BCUT2D eigenvalue weighted by molar-refractivity contribution is 7.14. The Labute approximate surface area is 196 Å². The number of halogens is 2. The predicted octanol–water partition coefficient (Wildman–Crippen LogP) is 4.37. The van der Waals surface area contributed by atoms with Crippen LogP contribution in [0.4, 0.5) is 5.13 Å². The summed E-state index contributed by atoms with van der Waals surface area (Å²) in [6.45, 7) is -0.473. The Morgan fingerprint density at radius 3 is 2.28 bits per heavy atom. The summed E-state index contributed by atoms with van der Waals surface area (Å²) >= 11 is 13.1. The van der Waals surface area contributed by atoms with Crippen molar-refractivity contribution in [3.63, 3.8) is 0 Å². The van der Waals surface area contributed by atoms with E-state index in [0.29, 0.717) is 27.9 Å². The van der Waals surface area contributed by atoms with Crippen LogP contribution in [0.3, 0.4) is 0 Å². The highest BCUT2D eigenvalue weighted by Gasteiger charge is 2.37. The monoisotopic (exact) mass is 491 g/mol. The molecular weight excluding hydrogens is 477 g/mol. The summed E-state index contributed by atoms with van der Waals surface area (Å²) in [6.07, 6.45) is 0. The first-order valence-electron chi connectivity index (χ1n) is 9.15. The molecule has 11 heteroatoms. The van der Waals surface area contributed by atoms with Crippen molar-refractivity contribution in [3.05, 3.63) is 56.9 Å². The number of methoxy groups -OCH3 is 2. The zero-order valence-corrected chi connectivity index (χ0v) is 19.1. The maximum Gasteiger partial charge on any atom is 0.262 e. The fourth-order valence-electron chi connectivity index (χ4n) is 3.20. The third-order valence-electron chi connectivity index (χ3n) is 4.75. The van der Waals surface area contributed by atoms with E-state index >= 15 is 0 Å². The number of anilines is 1. The Morgan fingerprint density at radius 2 is 1.69 bits per heavy atom. The molecule has 0 saturated carbocycles. The SMILES string of the molecule is COc1ccc(OC)c(-c2csc(NC(=O)CN3C(=O)c4cc(Cl)c(Cl)cc4C3=O)n2)c1. The number of hydrogen-bond acceptors (Lipinski definition) is 7. The van der Waals surface area contributed by atoms with Gasteiger partial charge in [0, 0.05) is 10.9 Å². The Bertz CT molecular complexity index is 1220. The van der Waals surface area contributed by atoms with Crippen molar-refractivity contribution in [1.82, 2.24) is 9.88 Å². The second kappa shape index (κ2) is 8.78. The second-order valence-electron chi connectivity index (χ2n) is 6.66. The number of rotatable bonds is 6. The van der Waals surface area contributed by atoms with E-state index in [1.807, 2.05) is 0 Å². The van der Waals surface area contributed by atoms with Crippen molar-refractivity contribution in [3.8, 4) is 22.8 Å². The molecule has 0 radical (unpaired) electrons. The molecule has 0 saturated heterocycles. The van der Waals surface area contributed by atoms with Crippen molar-refractivity contribution < 1.29 is 23.9 Å². The smallest absolute Gasteiger partial charge is 0.262 e. The fraction of sp³-hybridized carbons (Fsp3) is 0.143. The van der Waals surface area contributed by atoms with Crippen LogP contribution in [0.2, 0.25) is 10.0 Å². The quantitative estimate of drug-likeness (QED) is 0.514. The number of thiazole rings is 1. The van der Waals surface area contributed by atoms with Crippen molar-refractivity contribution in [2.45, 2.75) is 0 Å². The standard InChI is InChI=1S/C21H15Cl2N3O5S/c1-30-10-3-4-17(31-2)13(5-10)16-9-32-21(24-16)25-18(27)8-26-19(28)11-6-14(22)15(23)7-12(11)20(26)29/h3-7,9H,8H2,1-2H3,(H,24,25,27). The van der Waals surface area contributed by atoms with E-state index in [9.17, 15) is 14.4 Å². The fourth-order valence-corrected chi connectivity index (χ4v) is 4.25. The molecule has 3 amide bonds. The molecule has 1 aliphatic heterocycles. The maximum atomic E-state index is 12.6. The van der Waals surface area contributed by atoms with Crippen LogP contribution < -0.4 is 14.8 Å². The number of nitrogens with one attached hydrogen (secondary N) is 1. The predicted molar refractivity (Wildman–Crippen MR) is 121 cm³/mol. The lowest BCUT2D eigenvalue weighted by Crippen LogP contribution is -2.37. The number of carbonyl (C=O) groups is 3. The van der Waals surface area contributed by atoms with Gasteiger partial charge in [0.05, 0.1) is 41.1 Å². The number of aromatic nitrogens is 1. The first kappa shape index (κ1) is 22.1. The molecule has 2 aromatic carbocycles. The summed E-state index contributed by atoms with van der Waals surface area (Å²) in [7, 11) is 3.10. The average molecular weight is 492 g/mol. The van der Waals surface area contributed by atoms with Crippen molar-refractivity contribution in [2.24, 2.45) is 0 Å². The maximum absolute atomic E-state index is 12.6. The molecule has 0 fully saturated rings. The Hall–Kier alpha value is -3.14. The van der Waals surface area contributed by atoms with E-state index in [1.54, 1.807) is 37.8 Å². The van der Waals surface area contributed by atoms with Gasteiger partial charge in [-0.3, -0.25) is 19.3 Å². The number of hydrogen-bond donors (Lipinski definition) is 1. The van der Waals surface area contributed by atoms with Crippen LogP contribution in [0.25, 0.3) is 11.3 Å². The van der Waals surface area contributed by atoms with Crippen LogP contribution in [0.1, 0.15) is 20.7 Å². The second-order valence-corrected chi connectivity index (χ2v) is 8.33. The van der Waals surface area contributed by atoms with Crippen molar-refractivity contribution in [1.29, 1.82) is 0 Å². The van der Waals surface area contributed by atoms with Gasteiger partial charge in [0.25, 0.3) is 11.8 Å². The molecule has 1 aromatic heterocycles. The summed E-state index contributed by atoms with van der Waals surface area (Å²) in [5.41, 5.74) is 1.49. The molecule has 2 heterocycles. The van der Waals surface area contributed by atoms with Gasteiger partial charge in [-0.25, -0.2) is 4.98 Å². The molecule has 8 nitrogen and oxygen atoms in total. The van der Waals surface area contributed by atoms with Crippen LogP contribution in [0, 0.1) is 0 Å². The van der Waals surface area contributed by atoms with Crippen molar-refractivity contribution in [2.75, 3.05) is 26.1 Å². The Balaban J connectivity index is 1.49. The Morgan fingerprint density at radius 1 is 1.03 bits per heavy atom. The minimum Gasteiger partial charge on any atom is -0.497 e. The highest BCUT2D eigenvalue weighted by Crippen LogP contribution is 2.35. The third-order valence-corrected chi connectivity index (χ3v) is 6.23. The molecule has 1 aliphatic rings. The van der Waals surface area contributed by atoms with E-state index < -0.39 is 24.3 Å². The van der Waals surface area contributed by atoms with Gasteiger partial charge in [-0.1, -0.05) is 23.2 Å². The topological polar surface area (TPSA) is 97.8 Å². The molecule has 0 atom stereocenters. The summed E-state index contributed by atoms with van der Waals surface area (Å²) in [5.74, 6) is -0.572. The van der Waals surface area contributed by atoms with Crippen LogP contribution in [-0.4, -0.2) is 48.4 Å². The van der Waals surface area contributed by atoms with E-state index in [4.69, 9.17) is 32.7 Å². The molecular formula is C21H15Cl2N3O5S. The molecule has 0 spiro atoms. The highest BCUT2D eigenvalue weighted by atomic mass is 35.5. The number of nitrogens with zero attached hydrogens (tertiary/aromatic N) is 2. The van der Waals surface area contributed by atoms with Gasteiger partial charge >= 0.3 is 0 Å². The summed E-state index contributed by atoms with van der Waals surface area (Å²) in [5, 5.41) is 4.97. The van der Waals surface area contributed by atoms with Gasteiger partial charge in [0.2, 0.25) is 5.91 Å². The summed E-state index contributed by atoms with van der Waals surface area (Å²) in [6, 6.07) is 7.94. The van der Waals surface area contributed by atoms with Crippen LogP contribution in [0.15, 0.2) is 35.7 Å². The first-order valence-corrected chi connectivity index (χ1v) is 10.8. The van der Waals surface area contributed by atoms with Crippen LogP contribution >= 0.6 is 34.5 Å². The lowest BCUT2D eigenvalue weighted by Gasteiger charge is -2.12. The molecule has 4 rings (SSSR count). The van der Waals surface area contributed by atoms with E-state index in [2.05, 4.69) is 10.3 Å². The average Bonchev–Trinajstić information content (AvgIpc) is 3.33. The van der Waals surface area contributed by atoms with Gasteiger partial charge in [0.1, 0.15) is 18.0 Å². The van der Waals surface area contributed by atoms with Crippen LogP contribution in [0.5, 0.6) is 11.5 Å². The zero-order chi connectivity index (χ0) is 23.0. The minimum atomic E-state index is -0.611. The molecule has 0 aliphatic carbocycles. The van der Waals surface area contributed by atoms with Gasteiger partial charge in [0.15, 0.2) is 5.13 Å². The molecule has 1 N–H and O–H groups in total.